The van der Waals surface area contributed by atoms with Crippen LogP contribution < -0.4 is 22.2 Å². The second-order valence-corrected chi connectivity index (χ2v) is 15.4. The molecule has 6 heterocycles. The Labute approximate surface area is 344 Å². The van der Waals surface area contributed by atoms with Gasteiger partial charge in [0.1, 0.15) is 22.5 Å². The maximum atomic E-state index is 14.7. The molecule has 7 aromatic carbocycles. The predicted octanol–water partition coefficient (Wildman–Crippen LogP) is 9.86. The zero-order chi connectivity index (χ0) is 41.4. The molecule has 0 spiro atoms. The van der Waals surface area contributed by atoms with Crippen LogP contribution in [0.3, 0.4) is 0 Å². The third-order valence-electron chi connectivity index (χ3n) is 12.1. The SMILES string of the molecule is O=c1[nH]c(=O)c2c3cc4c(cc3n(-c3cccc5c3oc3ccccc35)c2[nH]c2ccccc12)c1c(=O)[nH]c(=O)c2ccccc2[nH]c1n4-c1cccc2c1oc1ccccc12. The molecular formula is C50H28N6O6. The highest BCUT2D eigenvalue weighted by molar-refractivity contribution is 6.20. The van der Waals surface area contributed by atoms with Crippen molar-refractivity contribution in [2.24, 2.45) is 0 Å². The normalized spacial score (nSPS) is 12.1. The summed E-state index contributed by atoms with van der Waals surface area (Å²) < 4.78 is 17.0. The highest BCUT2D eigenvalue weighted by Gasteiger charge is 2.25. The van der Waals surface area contributed by atoms with Gasteiger partial charge in [-0.2, -0.15) is 0 Å². The van der Waals surface area contributed by atoms with E-state index in [9.17, 15) is 19.2 Å². The van der Waals surface area contributed by atoms with Crippen LogP contribution in [0.5, 0.6) is 0 Å². The number of nitrogens with zero attached hydrogens (tertiary/aromatic N) is 2. The minimum Gasteiger partial charge on any atom is -0.454 e. The van der Waals surface area contributed by atoms with Gasteiger partial charge >= 0.3 is 0 Å². The molecule has 0 bridgehead atoms. The van der Waals surface area contributed by atoms with Gasteiger partial charge in [-0.3, -0.25) is 38.3 Å². The molecule has 0 unspecified atom stereocenters. The first-order valence-corrected chi connectivity index (χ1v) is 19.9. The average molecular weight is 809 g/mol. The third-order valence-corrected chi connectivity index (χ3v) is 12.1. The van der Waals surface area contributed by atoms with Crippen LogP contribution in [-0.4, -0.2) is 29.1 Å². The lowest BCUT2D eigenvalue weighted by Gasteiger charge is -2.10. The van der Waals surface area contributed by atoms with Gasteiger partial charge in [0.25, 0.3) is 22.2 Å². The Morgan fingerprint density at radius 1 is 0.355 bits per heavy atom. The van der Waals surface area contributed by atoms with Crippen LogP contribution in [0, 0.1) is 0 Å². The fourth-order valence-electron chi connectivity index (χ4n) is 9.38. The number of hydrogen-bond donors (Lipinski definition) is 4. The fraction of sp³-hybridized carbons (Fsp3) is 0. The van der Waals surface area contributed by atoms with Gasteiger partial charge in [0, 0.05) is 32.3 Å². The van der Waals surface area contributed by atoms with Crippen molar-refractivity contribution in [3.05, 3.63) is 187 Å². The van der Waals surface area contributed by atoms with Crippen molar-refractivity contribution < 1.29 is 8.83 Å². The van der Waals surface area contributed by atoms with Gasteiger partial charge in [0.2, 0.25) is 0 Å². The zero-order valence-corrected chi connectivity index (χ0v) is 32.2. The highest BCUT2D eigenvalue weighted by Crippen LogP contribution is 2.41. The number of nitrogens with one attached hydrogen (secondary N) is 4. The molecule has 0 aliphatic rings. The highest BCUT2D eigenvalue weighted by atomic mass is 16.3. The van der Waals surface area contributed by atoms with E-state index in [1.165, 1.54) is 0 Å². The van der Waals surface area contributed by atoms with Gasteiger partial charge in [-0.1, -0.05) is 84.9 Å². The summed E-state index contributed by atoms with van der Waals surface area (Å²) >= 11 is 0. The molecule has 0 fully saturated rings. The van der Waals surface area contributed by atoms with E-state index >= 15 is 0 Å². The number of aromatic nitrogens is 6. The fourth-order valence-corrected chi connectivity index (χ4v) is 9.38. The molecule has 13 rings (SSSR count). The number of aromatic amines is 4. The molecule has 0 aliphatic heterocycles. The summed E-state index contributed by atoms with van der Waals surface area (Å²) in [5.41, 5.74) is 4.09. The minimum absolute atomic E-state index is 0.193. The molecule has 6 aromatic heterocycles. The summed E-state index contributed by atoms with van der Waals surface area (Å²) in [4.78, 5) is 69.0. The Kier molecular flexibility index (Phi) is 6.76. The van der Waals surface area contributed by atoms with Crippen molar-refractivity contribution in [1.29, 1.82) is 0 Å². The average Bonchev–Trinajstić information content (AvgIpc) is 4.02. The number of para-hydroxylation sites is 6. The first-order chi connectivity index (χ1) is 30.4. The molecule has 0 saturated heterocycles. The van der Waals surface area contributed by atoms with Crippen LogP contribution in [0.4, 0.5) is 0 Å². The third kappa shape index (κ3) is 4.59. The molecule has 0 atom stereocenters. The van der Waals surface area contributed by atoms with Crippen LogP contribution in [-0.2, 0) is 0 Å². The summed E-state index contributed by atoms with van der Waals surface area (Å²) in [6.45, 7) is 0. The lowest BCUT2D eigenvalue weighted by Crippen LogP contribution is -2.17. The van der Waals surface area contributed by atoms with Gasteiger partial charge in [0.05, 0.1) is 55.0 Å². The second kappa shape index (κ2) is 12.3. The number of furan rings is 2. The second-order valence-electron chi connectivity index (χ2n) is 15.4. The van der Waals surface area contributed by atoms with E-state index in [4.69, 9.17) is 8.83 Å². The maximum absolute atomic E-state index is 14.7. The number of fused-ring (bicyclic) bond motifs is 14. The monoisotopic (exact) mass is 808 g/mol. The van der Waals surface area contributed by atoms with Crippen molar-refractivity contribution >= 4 is 110 Å². The van der Waals surface area contributed by atoms with E-state index in [1.54, 1.807) is 36.4 Å². The number of H-pyrrole nitrogens is 4. The molecule has 13 aromatic rings. The van der Waals surface area contributed by atoms with Crippen molar-refractivity contribution in [3.63, 3.8) is 0 Å². The number of benzene rings is 7. The number of rotatable bonds is 2. The Morgan fingerprint density at radius 2 is 0.742 bits per heavy atom. The predicted molar refractivity (Wildman–Crippen MR) is 245 cm³/mol. The standard InChI is InChI=1S/C50H28N6O6/c57-47-29-13-1-5-17-33(29)51-45-41(49(59)53-47)31-23-38-32(24-37(31)55(45)35-19-9-15-27-25-11-3-7-21-39(25)61-43(27)35)42-46(52-34-18-6-2-14-30(34)48(58)54-50(42)60)56(38)36-20-10-16-28-26-12-4-8-22-40(26)62-44(28)36/h1-24,51-52H,(H,53,57,59)(H,54,58,60). The molecule has 4 N–H and O–H groups in total. The maximum Gasteiger partial charge on any atom is 0.262 e. The first-order valence-electron chi connectivity index (χ1n) is 19.9. The quantitative estimate of drug-likeness (QED) is 0.136. The van der Waals surface area contributed by atoms with E-state index in [-0.39, 0.29) is 21.5 Å². The summed E-state index contributed by atoms with van der Waals surface area (Å²) in [6.07, 6.45) is 0. The van der Waals surface area contributed by atoms with Gasteiger partial charge < -0.3 is 18.8 Å². The number of hydrogen-bond acceptors (Lipinski definition) is 6. The van der Waals surface area contributed by atoms with E-state index in [1.807, 2.05) is 118 Å². The lowest BCUT2D eigenvalue weighted by molar-refractivity contribution is 0.666. The van der Waals surface area contributed by atoms with Crippen molar-refractivity contribution in [3.8, 4) is 11.4 Å². The van der Waals surface area contributed by atoms with Gasteiger partial charge in [-0.15, -0.1) is 0 Å². The van der Waals surface area contributed by atoms with E-state index in [2.05, 4.69) is 19.9 Å². The summed E-state index contributed by atoms with van der Waals surface area (Å²) in [5.74, 6) is 0. The Bertz CT molecular complexity index is 4170. The van der Waals surface area contributed by atoms with Crippen LogP contribution in [0.15, 0.2) is 174 Å². The van der Waals surface area contributed by atoms with Gasteiger partial charge in [-0.25, -0.2) is 0 Å². The molecule has 294 valence electrons. The molecule has 0 saturated carbocycles. The van der Waals surface area contributed by atoms with Crippen molar-refractivity contribution in [2.45, 2.75) is 0 Å². The van der Waals surface area contributed by atoms with Crippen LogP contribution >= 0.6 is 0 Å². The first kappa shape index (κ1) is 34.0. The Hall–Kier alpha value is -8.90. The van der Waals surface area contributed by atoms with Crippen LogP contribution in [0.2, 0.25) is 0 Å². The molecule has 0 amide bonds. The van der Waals surface area contributed by atoms with Crippen molar-refractivity contribution in [2.75, 3.05) is 0 Å². The summed E-state index contributed by atoms with van der Waals surface area (Å²) in [7, 11) is 0. The summed E-state index contributed by atoms with van der Waals surface area (Å²) in [5, 5.41) is 5.45. The topological polar surface area (TPSA) is 168 Å². The van der Waals surface area contributed by atoms with E-state index in [0.717, 1.165) is 21.5 Å². The van der Waals surface area contributed by atoms with Crippen LogP contribution in [0.1, 0.15) is 0 Å². The van der Waals surface area contributed by atoms with Gasteiger partial charge in [0.15, 0.2) is 11.2 Å². The zero-order valence-electron chi connectivity index (χ0n) is 32.2. The smallest absolute Gasteiger partial charge is 0.262 e. The van der Waals surface area contributed by atoms with Crippen LogP contribution in [0.25, 0.3) is 121 Å². The van der Waals surface area contributed by atoms with E-state index < -0.39 is 22.2 Å². The molecular weight excluding hydrogens is 781 g/mol. The Morgan fingerprint density at radius 3 is 1.19 bits per heavy atom. The molecule has 0 aliphatic carbocycles. The van der Waals surface area contributed by atoms with Crippen molar-refractivity contribution in [1.82, 2.24) is 29.1 Å². The van der Waals surface area contributed by atoms with E-state index in [0.29, 0.717) is 77.8 Å². The molecule has 0 radical (unpaired) electrons. The minimum atomic E-state index is -0.627. The Balaban J connectivity index is 1.30. The largest absolute Gasteiger partial charge is 0.454 e. The van der Waals surface area contributed by atoms with Gasteiger partial charge in [-0.05, 0) is 60.7 Å². The lowest BCUT2D eigenvalue weighted by atomic mass is 10.1. The molecule has 12 nitrogen and oxygen atoms in total. The summed E-state index contributed by atoms with van der Waals surface area (Å²) in [6, 6.07) is 44.9. The molecule has 62 heavy (non-hydrogen) atoms. The molecule has 12 heteroatoms.